The van der Waals surface area contributed by atoms with E-state index in [2.05, 4.69) is 0 Å². The van der Waals surface area contributed by atoms with Crippen LogP contribution in [0.15, 0.2) is 54.6 Å². The van der Waals surface area contributed by atoms with Crippen molar-refractivity contribution in [3.8, 4) is 5.75 Å². The van der Waals surface area contributed by atoms with Gasteiger partial charge in [0.1, 0.15) is 12.4 Å². The van der Waals surface area contributed by atoms with Gasteiger partial charge in [0.05, 0.1) is 6.54 Å². The molecule has 0 spiro atoms. The molecule has 0 aliphatic heterocycles. The molecule has 2 aromatic carbocycles. The molecule has 0 saturated carbocycles. The number of hydrogen-bond donors (Lipinski definition) is 1. The molecule has 0 aliphatic carbocycles. The summed E-state index contributed by atoms with van der Waals surface area (Å²) in [6.45, 7) is 3.18. The maximum absolute atomic E-state index is 12.2. The van der Waals surface area contributed by atoms with E-state index in [4.69, 9.17) is 4.74 Å². The molecule has 0 atom stereocenters. The summed E-state index contributed by atoms with van der Waals surface area (Å²) in [5.74, 6) is 0.194. The van der Waals surface area contributed by atoms with Crippen LogP contribution in [-0.2, 0) is 17.9 Å². The summed E-state index contributed by atoms with van der Waals surface area (Å²) in [7, 11) is 0. The molecule has 0 saturated heterocycles. The van der Waals surface area contributed by atoms with Crippen molar-refractivity contribution in [3.05, 3.63) is 65.7 Å². The number of phenols is 1. The number of aromatic hydroxyl groups is 1. The second-order valence-electron chi connectivity index (χ2n) is 5.09. The minimum absolute atomic E-state index is 0.194. The van der Waals surface area contributed by atoms with E-state index in [1.807, 2.05) is 49.4 Å². The second kappa shape index (κ2) is 8.08. The Balaban J connectivity index is 1.98. The maximum atomic E-state index is 12.2. The van der Waals surface area contributed by atoms with Gasteiger partial charge in [-0.1, -0.05) is 55.5 Å². The van der Waals surface area contributed by atoms with Crippen LogP contribution in [0.4, 0.5) is 4.79 Å². The number of rotatable bonds is 6. The van der Waals surface area contributed by atoms with Crippen LogP contribution in [0.5, 0.6) is 5.75 Å². The van der Waals surface area contributed by atoms with Gasteiger partial charge in [-0.25, -0.2) is 4.79 Å². The van der Waals surface area contributed by atoms with E-state index in [-0.39, 0.29) is 18.4 Å². The third-order valence-corrected chi connectivity index (χ3v) is 3.31. The zero-order chi connectivity index (χ0) is 15.8. The molecule has 4 heteroatoms. The molecule has 2 rings (SSSR count). The Morgan fingerprint density at radius 3 is 2.45 bits per heavy atom. The molecule has 116 valence electrons. The highest BCUT2D eigenvalue weighted by Crippen LogP contribution is 2.18. The Morgan fingerprint density at radius 2 is 1.77 bits per heavy atom. The second-order valence-corrected chi connectivity index (χ2v) is 5.09. The summed E-state index contributed by atoms with van der Waals surface area (Å²) < 4.78 is 5.36. The molecule has 0 unspecified atom stereocenters. The molecule has 22 heavy (non-hydrogen) atoms. The van der Waals surface area contributed by atoms with E-state index in [0.29, 0.717) is 18.7 Å². The number of nitrogens with zero attached hydrogens (tertiary/aromatic N) is 1. The van der Waals surface area contributed by atoms with Gasteiger partial charge in [-0.3, -0.25) is 0 Å². The normalized spacial score (nSPS) is 10.2. The van der Waals surface area contributed by atoms with E-state index < -0.39 is 0 Å². The molecular formula is C18H21NO3. The number of phenolic OH excluding ortho intramolecular Hbond substituents is 1. The smallest absolute Gasteiger partial charge is 0.410 e. The number of benzene rings is 2. The highest BCUT2D eigenvalue weighted by molar-refractivity contribution is 5.67. The number of ether oxygens (including phenoxy) is 1. The fourth-order valence-corrected chi connectivity index (χ4v) is 2.17. The minimum Gasteiger partial charge on any atom is -0.508 e. The third-order valence-electron chi connectivity index (χ3n) is 3.31. The van der Waals surface area contributed by atoms with Crippen LogP contribution >= 0.6 is 0 Å². The molecule has 0 aliphatic rings. The van der Waals surface area contributed by atoms with E-state index in [1.54, 1.807) is 17.0 Å². The highest BCUT2D eigenvalue weighted by atomic mass is 16.6. The van der Waals surface area contributed by atoms with Crippen molar-refractivity contribution in [2.45, 2.75) is 26.5 Å². The lowest BCUT2D eigenvalue weighted by Crippen LogP contribution is -2.31. The topological polar surface area (TPSA) is 49.8 Å². The molecule has 0 radical (unpaired) electrons. The van der Waals surface area contributed by atoms with Gasteiger partial charge in [0, 0.05) is 12.1 Å². The first-order valence-electron chi connectivity index (χ1n) is 7.43. The first kappa shape index (κ1) is 15.9. The molecule has 1 N–H and O–H groups in total. The molecule has 2 aromatic rings. The van der Waals surface area contributed by atoms with E-state index in [9.17, 15) is 9.90 Å². The SMILES string of the molecule is CCCN(Cc1ccccc1O)C(=O)OCc1ccccc1. The number of para-hydroxylation sites is 1. The van der Waals surface area contributed by atoms with Crippen LogP contribution < -0.4 is 0 Å². The number of carbonyl (C=O) groups is 1. The highest BCUT2D eigenvalue weighted by Gasteiger charge is 2.16. The summed E-state index contributed by atoms with van der Waals surface area (Å²) in [5.41, 5.74) is 1.67. The molecule has 4 nitrogen and oxygen atoms in total. The maximum Gasteiger partial charge on any atom is 0.410 e. The van der Waals surface area contributed by atoms with Crippen molar-refractivity contribution in [1.82, 2.24) is 4.90 Å². The Bertz CT molecular complexity index is 598. The summed E-state index contributed by atoms with van der Waals surface area (Å²) >= 11 is 0. The zero-order valence-electron chi connectivity index (χ0n) is 12.7. The first-order chi connectivity index (χ1) is 10.7. The summed E-state index contributed by atoms with van der Waals surface area (Å²) in [5, 5.41) is 9.84. The molecule has 1 amide bonds. The number of amides is 1. The Morgan fingerprint density at radius 1 is 1.09 bits per heavy atom. The van der Waals surface area contributed by atoms with Gasteiger partial charge >= 0.3 is 6.09 Å². The van der Waals surface area contributed by atoms with Gasteiger partial charge in [0.25, 0.3) is 0 Å². The molecule has 0 heterocycles. The number of carbonyl (C=O) groups excluding carboxylic acids is 1. The quantitative estimate of drug-likeness (QED) is 0.879. The predicted octanol–water partition coefficient (Wildman–Crippen LogP) is 3.94. The number of hydrogen-bond acceptors (Lipinski definition) is 3. The first-order valence-corrected chi connectivity index (χ1v) is 7.43. The van der Waals surface area contributed by atoms with E-state index in [1.165, 1.54) is 0 Å². The van der Waals surface area contributed by atoms with Crippen LogP contribution in [0.3, 0.4) is 0 Å². The van der Waals surface area contributed by atoms with Crippen LogP contribution in [0.2, 0.25) is 0 Å². The molecule has 0 bridgehead atoms. The molecule has 0 fully saturated rings. The van der Waals surface area contributed by atoms with Crippen LogP contribution in [0, 0.1) is 0 Å². The van der Waals surface area contributed by atoms with Gasteiger partial charge in [-0.2, -0.15) is 0 Å². The van der Waals surface area contributed by atoms with Crippen molar-refractivity contribution >= 4 is 6.09 Å². The van der Waals surface area contributed by atoms with Crippen LogP contribution in [-0.4, -0.2) is 22.6 Å². The summed E-state index contributed by atoms with van der Waals surface area (Å²) in [4.78, 5) is 13.9. The molecular weight excluding hydrogens is 278 g/mol. The van der Waals surface area contributed by atoms with Gasteiger partial charge in [-0.15, -0.1) is 0 Å². The Kier molecular flexibility index (Phi) is 5.83. The van der Waals surface area contributed by atoms with Crippen molar-refractivity contribution in [1.29, 1.82) is 0 Å². The fraction of sp³-hybridized carbons (Fsp3) is 0.278. The van der Waals surface area contributed by atoms with Crippen molar-refractivity contribution in [3.63, 3.8) is 0 Å². The lowest BCUT2D eigenvalue weighted by molar-refractivity contribution is 0.0934. The summed E-state index contributed by atoms with van der Waals surface area (Å²) in [6.07, 6.45) is 0.461. The third kappa shape index (κ3) is 4.52. The van der Waals surface area contributed by atoms with Crippen molar-refractivity contribution in [2.75, 3.05) is 6.54 Å². The van der Waals surface area contributed by atoms with Gasteiger partial charge < -0.3 is 14.7 Å². The monoisotopic (exact) mass is 299 g/mol. The van der Waals surface area contributed by atoms with E-state index >= 15 is 0 Å². The zero-order valence-corrected chi connectivity index (χ0v) is 12.7. The lowest BCUT2D eigenvalue weighted by Gasteiger charge is -2.22. The Labute approximate surface area is 131 Å². The fourth-order valence-electron chi connectivity index (χ4n) is 2.17. The average molecular weight is 299 g/mol. The van der Waals surface area contributed by atoms with Gasteiger partial charge in [0.15, 0.2) is 0 Å². The van der Waals surface area contributed by atoms with Crippen molar-refractivity contribution in [2.24, 2.45) is 0 Å². The van der Waals surface area contributed by atoms with E-state index in [0.717, 1.165) is 12.0 Å². The van der Waals surface area contributed by atoms with Crippen LogP contribution in [0.1, 0.15) is 24.5 Å². The largest absolute Gasteiger partial charge is 0.508 e. The summed E-state index contributed by atoms with van der Waals surface area (Å²) in [6, 6.07) is 16.6. The Hall–Kier alpha value is -2.49. The lowest BCUT2D eigenvalue weighted by atomic mass is 10.2. The average Bonchev–Trinajstić information content (AvgIpc) is 2.55. The van der Waals surface area contributed by atoms with Gasteiger partial charge in [0.2, 0.25) is 0 Å². The standard InChI is InChI=1S/C18H21NO3/c1-2-12-19(13-16-10-6-7-11-17(16)20)18(21)22-14-15-8-4-3-5-9-15/h3-11,20H,2,12-14H2,1H3. The van der Waals surface area contributed by atoms with Crippen LogP contribution in [0.25, 0.3) is 0 Å². The molecule has 0 aromatic heterocycles. The van der Waals surface area contributed by atoms with Crippen molar-refractivity contribution < 1.29 is 14.6 Å². The van der Waals surface area contributed by atoms with Gasteiger partial charge in [-0.05, 0) is 18.1 Å². The minimum atomic E-state index is -0.367. The predicted molar refractivity (Wildman–Crippen MR) is 85.4 cm³/mol.